The molecule has 0 aliphatic rings. The van der Waals surface area contributed by atoms with Crippen molar-refractivity contribution in [1.29, 1.82) is 0 Å². The summed E-state index contributed by atoms with van der Waals surface area (Å²) in [4.78, 5) is 45.9. The lowest BCUT2D eigenvalue weighted by molar-refractivity contribution is -0.142. The minimum atomic E-state index is -1.15. The van der Waals surface area contributed by atoms with E-state index >= 15 is 0 Å². The van der Waals surface area contributed by atoms with Crippen LogP contribution in [0.2, 0.25) is 0 Å². The van der Waals surface area contributed by atoms with Gasteiger partial charge in [0.1, 0.15) is 18.1 Å². The highest BCUT2D eigenvalue weighted by atomic mass is 32.2. The molecule has 0 aliphatic heterocycles. The van der Waals surface area contributed by atoms with Crippen LogP contribution in [-0.4, -0.2) is 77.2 Å². The van der Waals surface area contributed by atoms with Crippen molar-refractivity contribution in [2.45, 2.75) is 31.5 Å². The lowest BCUT2D eigenvalue weighted by atomic mass is 10.2. The smallest absolute Gasteiger partial charge is 0.326 e. The molecule has 0 heterocycles. The van der Waals surface area contributed by atoms with Gasteiger partial charge in [0.25, 0.3) is 0 Å². The molecule has 0 aromatic carbocycles. The van der Waals surface area contributed by atoms with Crippen molar-refractivity contribution in [3.8, 4) is 0 Å². The van der Waals surface area contributed by atoms with Gasteiger partial charge in [-0.05, 0) is 25.4 Å². The zero-order valence-electron chi connectivity index (χ0n) is 13.6. The normalized spacial score (nSPS) is 14.2. The SMILES string of the molecule is CSCCC(NC(=O)C(C)NC(=O)CNC(=O)C(N)CO)C(=O)O. The van der Waals surface area contributed by atoms with E-state index in [1.807, 2.05) is 6.26 Å². The van der Waals surface area contributed by atoms with E-state index in [9.17, 15) is 19.2 Å². The third kappa shape index (κ3) is 8.70. The van der Waals surface area contributed by atoms with E-state index in [1.54, 1.807) is 0 Å². The van der Waals surface area contributed by atoms with Crippen LogP contribution in [0.25, 0.3) is 0 Å². The Morgan fingerprint density at radius 1 is 1.17 bits per heavy atom. The number of nitrogens with two attached hydrogens (primary N) is 1. The molecule has 3 amide bonds. The number of nitrogens with one attached hydrogen (secondary N) is 3. The first-order chi connectivity index (χ1) is 11.2. The fourth-order valence-electron chi connectivity index (χ4n) is 1.53. The average Bonchev–Trinajstić information content (AvgIpc) is 2.54. The number of amides is 3. The van der Waals surface area contributed by atoms with Gasteiger partial charge >= 0.3 is 5.97 Å². The summed E-state index contributed by atoms with van der Waals surface area (Å²) in [7, 11) is 0. The third-order valence-corrected chi connectivity index (χ3v) is 3.60. The maximum Gasteiger partial charge on any atom is 0.326 e. The lowest BCUT2D eigenvalue weighted by Gasteiger charge is -2.18. The lowest BCUT2D eigenvalue weighted by Crippen LogP contribution is -2.53. The number of carboxylic acids is 1. The Balaban J connectivity index is 4.35. The van der Waals surface area contributed by atoms with Crippen molar-refractivity contribution >= 4 is 35.5 Å². The van der Waals surface area contributed by atoms with Gasteiger partial charge in [-0.15, -0.1) is 0 Å². The molecular formula is C13H24N4O6S. The van der Waals surface area contributed by atoms with Crippen LogP contribution in [0, 0.1) is 0 Å². The second-order valence-corrected chi connectivity index (χ2v) is 5.96. The molecule has 0 aromatic rings. The highest BCUT2D eigenvalue weighted by Crippen LogP contribution is 2.01. The average molecular weight is 364 g/mol. The van der Waals surface area contributed by atoms with Crippen LogP contribution in [-0.2, 0) is 19.2 Å². The molecule has 0 bridgehead atoms. The summed E-state index contributed by atoms with van der Waals surface area (Å²) in [6, 6.07) is -3.14. The Morgan fingerprint density at radius 2 is 1.79 bits per heavy atom. The number of rotatable bonds is 11. The molecule has 0 aromatic heterocycles. The maximum atomic E-state index is 11.9. The number of carbonyl (C=O) groups excluding carboxylic acids is 3. The van der Waals surface area contributed by atoms with Crippen molar-refractivity contribution in [1.82, 2.24) is 16.0 Å². The van der Waals surface area contributed by atoms with Crippen LogP contribution < -0.4 is 21.7 Å². The molecule has 138 valence electrons. The van der Waals surface area contributed by atoms with Crippen LogP contribution in [0.1, 0.15) is 13.3 Å². The van der Waals surface area contributed by atoms with E-state index in [2.05, 4.69) is 16.0 Å². The van der Waals surface area contributed by atoms with E-state index in [1.165, 1.54) is 18.7 Å². The van der Waals surface area contributed by atoms with Crippen molar-refractivity contribution in [3.05, 3.63) is 0 Å². The van der Waals surface area contributed by atoms with Gasteiger partial charge in [-0.2, -0.15) is 11.8 Å². The Kier molecular flexibility index (Phi) is 10.8. The molecule has 11 heteroatoms. The number of carboxylic acid groups (broad SMARTS) is 1. The van der Waals surface area contributed by atoms with Gasteiger partial charge in [0.15, 0.2) is 0 Å². The summed E-state index contributed by atoms with van der Waals surface area (Å²) in [5.41, 5.74) is 5.26. The quantitative estimate of drug-likeness (QED) is 0.229. The van der Waals surface area contributed by atoms with Crippen molar-refractivity contribution < 1.29 is 29.4 Å². The summed E-state index contributed by atoms with van der Waals surface area (Å²) in [6.45, 7) is 0.417. The van der Waals surface area contributed by atoms with Crippen LogP contribution >= 0.6 is 11.8 Å². The number of aliphatic hydroxyl groups is 1. The van der Waals surface area contributed by atoms with Gasteiger partial charge in [0.2, 0.25) is 17.7 Å². The number of aliphatic hydroxyl groups excluding tert-OH is 1. The summed E-state index contributed by atoms with van der Waals surface area (Å²) in [6.07, 6.45) is 2.08. The minimum absolute atomic E-state index is 0.262. The van der Waals surface area contributed by atoms with E-state index in [0.29, 0.717) is 5.75 Å². The summed E-state index contributed by atoms with van der Waals surface area (Å²) < 4.78 is 0. The highest BCUT2D eigenvalue weighted by Gasteiger charge is 2.23. The molecular weight excluding hydrogens is 340 g/mol. The molecule has 0 fully saturated rings. The fourth-order valence-corrected chi connectivity index (χ4v) is 2.00. The fraction of sp³-hybridized carbons (Fsp3) is 0.692. The largest absolute Gasteiger partial charge is 0.480 e. The summed E-state index contributed by atoms with van der Waals surface area (Å²) in [5.74, 6) is -2.58. The topological polar surface area (TPSA) is 171 Å². The molecule has 24 heavy (non-hydrogen) atoms. The molecule has 0 radical (unpaired) electrons. The van der Waals surface area contributed by atoms with Crippen LogP contribution in [0.4, 0.5) is 0 Å². The molecule has 7 N–H and O–H groups in total. The van der Waals surface area contributed by atoms with Gasteiger partial charge in [0, 0.05) is 0 Å². The van der Waals surface area contributed by atoms with E-state index in [0.717, 1.165) is 0 Å². The van der Waals surface area contributed by atoms with Gasteiger partial charge in [0.05, 0.1) is 13.2 Å². The van der Waals surface area contributed by atoms with E-state index in [-0.39, 0.29) is 6.42 Å². The first-order valence-electron chi connectivity index (χ1n) is 7.18. The maximum absolute atomic E-state index is 11.9. The van der Waals surface area contributed by atoms with E-state index < -0.39 is 55.0 Å². The van der Waals surface area contributed by atoms with Crippen molar-refractivity contribution in [3.63, 3.8) is 0 Å². The number of carbonyl (C=O) groups is 4. The monoisotopic (exact) mass is 364 g/mol. The van der Waals surface area contributed by atoms with Gasteiger partial charge in [-0.25, -0.2) is 4.79 Å². The Hall–Kier alpha value is -1.85. The molecule has 3 atom stereocenters. The first kappa shape index (κ1) is 22.1. The number of hydrogen-bond acceptors (Lipinski definition) is 7. The Labute approximate surface area is 143 Å². The third-order valence-electron chi connectivity index (χ3n) is 2.95. The predicted octanol–water partition coefficient (Wildman–Crippen LogP) is -2.75. The minimum Gasteiger partial charge on any atom is -0.480 e. The second kappa shape index (κ2) is 11.6. The van der Waals surface area contributed by atoms with Gasteiger partial charge < -0.3 is 31.9 Å². The van der Waals surface area contributed by atoms with Crippen LogP contribution in [0.3, 0.4) is 0 Å². The summed E-state index contributed by atoms with van der Waals surface area (Å²) in [5, 5.41) is 24.6. The second-order valence-electron chi connectivity index (χ2n) is 4.98. The zero-order valence-corrected chi connectivity index (χ0v) is 14.4. The van der Waals surface area contributed by atoms with E-state index in [4.69, 9.17) is 15.9 Å². The standard InChI is InChI=1S/C13H24N4O6S/c1-7(11(20)17-9(13(22)23)3-4-24-2)16-10(19)5-15-12(21)8(14)6-18/h7-9,18H,3-6,14H2,1-2H3,(H,15,21)(H,16,19)(H,17,20)(H,22,23). The summed E-state index contributed by atoms with van der Waals surface area (Å²) >= 11 is 1.45. The molecule has 3 unspecified atom stereocenters. The molecule has 0 aliphatic carbocycles. The van der Waals surface area contributed by atoms with Crippen LogP contribution in [0.5, 0.6) is 0 Å². The predicted molar refractivity (Wildman–Crippen MR) is 88.2 cm³/mol. The van der Waals surface area contributed by atoms with Crippen molar-refractivity contribution in [2.24, 2.45) is 5.73 Å². The molecule has 0 rings (SSSR count). The van der Waals surface area contributed by atoms with Crippen molar-refractivity contribution in [2.75, 3.05) is 25.2 Å². The molecule has 0 saturated heterocycles. The highest BCUT2D eigenvalue weighted by molar-refractivity contribution is 7.98. The Bertz CT molecular complexity index is 462. The number of thioether (sulfide) groups is 1. The number of aliphatic carboxylic acids is 1. The van der Waals surface area contributed by atoms with Gasteiger partial charge in [-0.3, -0.25) is 14.4 Å². The molecule has 0 saturated carbocycles. The molecule has 0 spiro atoms. The zero-order chi connectivity index (χ0) is 18.7. The molecule has 10 nitrogen and oxygen atoms in total. The Morgan fingerprint density at radius 3 is 2.29 bits per heavy atom. The van der Waals surface area contributed by atoms with Crippen LogP contribution in [0.15, 0.2) is 0 Å². The van der Waals surface area contributed by atoms with Gasteiger partial charge in [-0.1, -0.05) is 0 Å². The number of hydrogen-bond donors (Lipinski definition) is 6. The first-order valence-corrected chi connectivity index (χ1v) is 8.57.